The van der Waals surface area contributed by atoms with E-state index in [-0.39, 0.29) is 12.6 Å². The summed E-state index contributed by atoms with van der Waals surface area (Å²) in [5.41, 5.74) is 0.904. The number of rotatable bonds is 3. The quantitative estimate of drug-likeness (QED) is 0.750. The van der Waals surface area contributed by atoms with Crippen LogP contribution in [-0.4, -0.2) is 23.8 Å². The second kappa shape index (κ2) is 3.46. The number of hydrogen-bond acceptors (Lipinski definition) is 2. The van der Waals surface area contributed by atoms with E-state index >= 15 is 0 Å². The fourth-order valence-electron chi connectivity index (χ4n) is 3.85. The van der Waals surface area contributed by atoms with Gasteiger partial charge in [0.05, 0.1) is 6.61 Å². The highest BCUT2D eigenvalue weighted by Gasteiger charge is 2.61. The van der Waals surface area contributed by atoms with Gasteiger partial charge in [-0.3, -0.25) is 0 Å². The van der Waals surface area contributed by atoms with Gasteiger partial charge in [-0.25, -0.2) is 0 Å². The largest absolute Gasteiger partial charge is 0.395 e. The van der Waals surface area contributed by atoms with Crippen LogP contribution in [0.2, 0.25) is 0 Å². The van der Waals surface area contributed by atoms with E-state index in [2.05, 4.69) is 33.0 Å². The lowest BCUT2D eigenvalue weighted by atomic mass is 9.69. The standard InChI is InChI=1S/C13H25NO/c1-9(8-15)14-11-7-10-5-6-13(11,4)12(10,2)3/h9-11,14-15H,5-8H2,1-4H3/t9?,10?,11?,13-/m1/s1. The maximum atomic E-state index is 9.12. The molecule has 0 spiro atoms. The second-order valence-corrected chi connectivity index (χ2v) is 6.41. The smallest absolute Gasteiger partial charge is 0.0582 e. The fraction of sp³-hybridized carbons (Fsp3) is 1.00. The van der Waals surface area contributed by atoms with Gasteiger partial charge < -0.3 is 10.4 Å². The van der Waals surface area contributed by atoms with E-state index in [1.54, 1.807) is 0 Å². The third-order valence-corrected chi connectivity index (χ3v) is 5.55. The first kappa shape index (κ1) is 11.4. The Bertz CT molecular complexity index is 251. The molecule has 15 heavy (non-hydrogen) atoms. The molecule has 2 rings (SSSR count). The normalized spacial score (nSPS) is 44.6. The van der Waals surface area contributed by atoms with Crippen LogP contribution in [0.15, 0.2) is 0 Å². The van der Waals surface area contributed by atoms with Crippen molar-refractivity contribution in [1.29, 1.82) is 0 Å². The highest BCUT2D eigenvalue weighted by molar-refractivity contribution is 5.13. The van der Waals surface area contributed by atoms with Gasteiger partial charge in [-0.05, 0) is 42.9 Å². The van der Waals surface area contributed by atoms with Crippen molar-refractivity contribution in [3.63, 3.8) is 0 Å². The third-order valence-electron chi connectivity index (χ3n) is 5.55. The van der Waals surface area contributed by atoms with Gasteiger partial charge in [0.15, 0.2) is 0 Å². The molecule has 2 saturated carbocycles. The average Bonchev–Trinajstić information content (AvgIpc) is 2.50. The Balaban J connectivity index is 2.12. The third kappa shape index (κ3) is 1.45. The summed E-state index contributed by atoms with van der Waals surface area (Å²) in [6, 6.07) is 0.843. The molecule has 0 aliphatic heterocycles. The van der Waals surface area contributed by atoms with Crippen molar-refractivity contribution in [2.75, 3.05) is 6.61 Å². The van der Waals surface area contributed by atoms with Gasteiger partial charge in [-0.1, -0.05) is 20.8 Å². The number of aliphatic hydroxyl groups is 1. The predicted molar refractivity (Wildman–Crippen MR) is 62.7 cm³/mol. The molecule has 2 aliphatic carbocycles. The Morgan fingerprint density at radius 2 is 2.07 bits per heavy atom. The molecule has 0 amide bonds. The van der Waals surface area contributed by atoms with E-state index in [4.69, 9.17) is 5.11 Å². The molecule has 3 unspecified atom stereocenters. The van der Waals surface area contributed by atoms with Crippen LogP contribution >= 0.6 is 0 Å². The highest BCUT2D eigenvalue weighted by atomic mass is 16.3. The Labute approximate surface area is 93.5 Å². The summed E-state index contributed by atoms with van der Waals surface area (Å²) in [6.07, 6.45) is 4.05. The maximum absolute atomic E-state index is 9.12. The summed E-state index contributed by atoms with van der Waals surface area (Å²) in [7, 11) is 0. The topological polar surface area (TPSA) is 32.3 Å². The first-order chi connectivity index (χ1) is 6.91. The van der Waals surface area contributed by atoms with E-state index in [9.17, 15) is 0 Å². The van der Waals surface area contributed by atoms with Crippen molar-refractivity contribution in [3.8, 4) is 0 Å². The van der Waals surface area contributed by atoms with Gasteiger partial charge in [0.1, 0.15) is 0 Å². The van der Waals surface area contributed by atoms with Crippen LogP contribution in [0.4, 0.5) is 0 Å². The predicted octanol–water partition coefficient (Wildman–Crippen LogP) is 2.17. The van der Waals surface area contributed by atoms with Crippen molar-refractivity contribution in [1.82, 2.24) is 5.32 Å². The lowest BCUT2D eigenvalue weighted by molar-refractivity contribution is 0.109. The molecule has 2 heteroatoms. The SMILES string of the molecule is CC(CO)NC1CC2CC[C@@]1(C)C2(C)C. The van der Waals surface area contributed by atoms with Crippen LogP contribution in [0.25, 0.3) is 0 Å². The summed E-state index contributed by atoms with van der Waals surface area (Å²) < 4.78 is 0. The van der Waals surface area contributed by atoms with Crippen LogP contribution in [0.5, 0.6) is 0 Å². The van der Waals surface area contributed by atoms with Gasteiger partial charge >= 0.3 is 0 Å². The monoisotopic (exact) mass is 211 g/mol. The summed E-state index contributed by atoms with van der Waals surface area (Å²) >= 11 is 0. The highest BCUT2D eigenvalue weighted by Crippen LogP contribution is 2.65. The molecule has 2 bridgehead atoms. The molecular formula is C13H25NO. The molecule has 2 aliphatic rings. The van der Waals surface area contributed by atoms with E-state index in [1.807, 2.05) is 0 Å². The van der Waals surface area contributed by atoms with Crippen LogP contribution in [0.1, 0.15) is 47.0 Å². The zero-order valence-corrected chi connectivity index (χ0v) is 10.5. The lowest BCUT2D eigenvalue weighted by Gasteiger charge is -2.40. The van der Waals surface area contributed by atoms with E-state index in [0.717, 1.165) is 5.92 Å². The number of fused-ring (bicyclic) bond motifs is 2. The van der Waals surface area contributed by atoms with Crippen LogP contribution in [0.3, 0.4) is 0 Å². The van der Waals surface area contributed by atoms with Crippen molar-refractivity contribution >= 4 is 0 Å². The summed E-state index contributed by atoms with van der Waals surface area (Å²) in [5.74, 6) is 0.880. The van der Waals surface area contributed by atoms with Crippen molar-refractivity contribution in [2.45, 2.75) is 59.0 Å². The Morgan fingerprint density at radius 3 is 2.47 bits per heavy atom. The Hall–Kier alpha value is -0.0800. The molecule has 0 aromatic rings. The minimum absolute atomic E-state index is 0.238. The van der Waals surface area contributed by atoms with Gasteiger partial charge in [-0.15, -0.1) is 0 Å². The molecule has 0 heterocycles. The van der Waals surface area contributed by atoms with Gasteiger partial charge in [0.25, 0.3) is 0 Å². The minimum Gasteiger partial charge on any atom is -0.395 e. The zero-order chi connectivity index (χ0) is 11.3. The Kier molecular flexibility index (Phi) is 2.63. The van der Waals surface area contributed by atoms with Crippen LogP contribution < -0.4 is 5.32 Å². The molecule has 4 atom stereocenters. The van der Waals surface area contributed by atoms with Crippen molar-refractivity contribution in [2.24, 2.45) is 16.7 Å². The molecule has 2 fully saturated rings. The number of hydrogen-bond donors (Lipinski definition) is 2. The summed E-state index contributed by atoms with van der Waals surface area (Å²) in [6.45, 7) is 9.60. The molecule has 2 nitrogen and oxygen atoms in total. The van der Waals surface area contributed by atoms with Crippen molar-refractivity contribution < 1.29 is 5.11 Å². The molecule has 0 radical (unpaired) electrons. The van der Waals surface area contributed by atoms with Gasteiger partial charge in [0.2, 0.25) is 0 Å². The summed E-state index contributed by atoms with van der Waals surface area (Å²) in [5, 5.41) is 12.7. The lowest BCUT2D eigenvalue weighted by Crippen LogP contribution is -2.48. The van der Waals surface area contributed by atoms with E-state index in [1.165, 1.54) is 19.3 Å². The number of aliphatic hydroxyl groups excluding tert-OH is 1. The molecule has 0 aromatic heterocycles. The first-order valence-electron chi connectivity index (χ1n) is 6.28. The first-order valence-corrected chi connectivity index (χ1v) is 6.28. The van der Waals surface area contributed by atoms with E-state index in [0.29, 0.717) is 16.9 Å². The summed E-state index contributed by atoms with van der Waals surface area (Å²) in [4.78, 5) is 0. The van der Waals surface area contributed by atoms with Crippen molar-refractivity contribution in [3.05, 3.63) is 0 Å². The molecule has 0 aromatic carbocycles. The number of nitrogens with one attached hydrogen (secondary N) is 1. The van der Waals surface area contributed by atoms with Gasteiger partial charge in [0, 0.05) is 12.1 Å². The Morgan fingerprint density at radius 1 is 1.40 bits per heavy atom. The van der Waals surface area contributed by atoms with Crippen LogP contribution in [0, 0.1) is 16.7 Å². The molecule has 88 valence electrons. The average molecular weight is 211 g/mol. The molecule has 2 N–H and O–H groups in total. The van der Waals surface area contributed by atoms with E-state index < -0.39 is 0 Å². The van der Waals surface area contributed by atoms with Gasteiger partial charge in [-0.2, -0.15) is 0 Å². The zero-order valence-electron chi connectivity index (χ0n) is 10.5. The molecular weight excluding hydrogens is 186 g/mol. The fourth-order valence-corrected chi connectivity index (χ4v) is 3.85. The maximum Gasteiger partial charge on any atom is 0.0582 e. The molecule has 0 saturated heterocycles. The van der Waals surface area contributed by atoms with Crippen LogP contribution in [-0.2, 0) is 0 Å². The minimum atomic E-state index is 0.238. The second-order valence-electron chi connectivity index (χ2n) is 6.41.